The van der Waals surface area contributed by atoms with Crippen LogP contribution in [0.2, 0.25) is 0 Å². The highest BCUT2D eigenvalue weighted by atomic mass is 32.1. The molecule has 0 aromatic carbocycles. The highest BCUT2D eigenvalue weighted by Gasteiger charge is 2.17. The van der Waals surface area contributed by atoms with Crippen molar-refractivity contribution >= 4 is 11.3 Å². The second kappa shape index (κ2) is 8.84. The fraction of sp³-hybridized carbons (Fsp3) is 0.778. The monoisotopic (exact) mass is 293 g/mol. The standard InChI is InChI=1S/C18H31NS/c1-2-3-4-5-6-7-8-9-12-16(19)18-14-15-11-10-13-17(15)20-18/h14,16H,2-13,19H2,1H3. The van der Waals surface area contributed by atoms with E-state index in [1.165, 1.54) is 81.9 Å². The Morgan fingerprint density at radius 1 is 1.05 bits per heavy atom. The van der Waals surface area contributed by atoms with E-state index in [1.54, 1.807) is 10.4 Å². The largest absolute Gasteiger partial charge is 0.323 e. The van der Waals surface area contributed by atoms with Gasteiger partial charge in [0.1, 0.15) is 0 Å². The van der Waals surface area contributed by atoms with Gasteiger partial charge in [-0.05, 0) is 37.3 Å². The number of thiophene rings is 1. The van der Waals surface area contributed by atoms with E-state index in [1.807, 2.05) is 11.3 Å². The van der Waals surface area contributed by atoms with E-state index >= 15 is 0 Å². The van der Waals surface area contributed by atoms with Gasteiger partial charge in [0.05, 0.1) is 0 Å². The number of rotatable bonds is 10. The minimum Gasteiger partial charge on any atom is -0.323 e. The smallest absolute Gasteiger partial charge is 0.0389 e. The molecule has 2 N–H and O–H groups in total. The molecular weight excluding hydrogens is 262 g/mol. The van der Waals surface area contributed by atoms with Gasteiger partial charge < -0.3 is 5.73 Å². The molecule has 1 unspecified atom stereocenters. The van der Waals surface area contributed by atoms with E-state index in [2.05, 4.69) is 13.0 Å². The average Bonchev–Trinajstić information content (AvgIpc) is 3.02. The molecular formula is C18H31NS. The number of hydrogen-bond acceptors (Lipinski definition) is 2. The normalized spacial score (nSPS) is 15.5. The molecule has 1 nitrogen and oxygen atoms in total. The van der Waals surface area contributed by atoms with E-state index in [9.17, 15) is 0 Å². The third kappa shape index (κ3) is 4.89. The van der Waals surface area contributed by atoms with Crippen molar-refractivity contribution in [3.8, 4) is 0 Å². The van der Waals surface area contributed by atoms with Crippen LogP contribution in [0.4, 0.5) is 0 Å². The van der Waals surface area contributed by atoms with Gasteiger partial charge in [-0.3, -0.25) is 0 Å². The first-order valence-corrected chi connectivity index (χ1v) is 9.50. The Bertz CT molecular complexity index is 361. The lowest BCUT2D eigenvalue weighted by atomic mass is 10.0. The minimum atomic E-state index is 0.297. The first-order valence-electron chi connectivity index (χ1n) is 8.68. The van der Waals surface area contributed by atoms with Gasteiger partial charge in [0, 0.05) is 15.8 Å². The number of unbranched alkanes of at least 4 members (excludes halogenated alkanes) is 7. The van der Waals surface area contributed by atoms with Crippen LogP contribution in [-0.2, 0) is 12.8 Å². The first-order chi connectivity index (χ1) is 9.81. The Hall–Kier alpha value is -0.340. The van der Waals surface area contributed by atoms with E-state index in [0.29, 0.717) is 6.04 Å². The molecule has 0 saturated heterocycles. The second-order valence-corrected chi connectivity index (χ2v) is 7.49. The number of fused-ring (bicyclic) bond motifs is 1. The van der Waals surface area contributed by atoms with Crippen LogP contribution in [0, 0.1) is 0 Å². The summed E-state index contributed by atoms with van der Waals surface area (Å²) in [4.78, 5) is 3.06. The SMILES string of the molecule is CCCCCCCCCCC(N)c1cc2c(s1)CCC2. The Morgan fingerprint density at radius 3 is 2.45 bits per heavy atom. The van der Waals surface area contributed by atoms with Crippen LogP contribution in [-0.4, -0.2) is 0 Å². The molecule has 0 amide bonds. The third-order valence-corrected chi connectivity index (χ3v) is 5.87. The van der Waals surface area contributed by atoms with Crippen molar-refractivity contribution in [1.29, 1.82) is 0 Å². The average molecular weight is 294 g/mol. The van der Waals surface area contributed by atoms with Crippen molar-refractivity contribution in [1.82, 2.24) is 0 Å². The van der Waals surface area contributed by atoms with Crippen molar-refractivity contribution < 1.29 is 0 Å². The zero-order valence-electron chi connectivity index (χ0n) is 13.1. The van der Waals surface area contributed by atoms with Crippen LogP contribution in [0.5, 0.6) is 0 Å². The molecule has 2 heteroatoms. The molecule has 0 aliphatic heterocycles. The maximum absolute atomic E-state index is 6.35. The zero-order valence-corrected chi connectivity index (χ0v) is 13.9. The van der Waals surface area contributed by atoms with Crippen LogP contribution in [0.25, 0.3) is 0 Å². The van der Waals surface area contributed by atoms with Gasteiger partial charge in [-0.25, -0.2) is 0 Å². The lowest BCUT2D eigenvalue weighted by Gasteiger charge is -2.09. The molecule has 0 radical (unpaired) electrons. The van der Waals surface area contributed by atoms with Crippen LogP contribution >= 0.6 is 11.3 Å². The molecule has 0 saturated carbocycles. The predicted octanol–water partition coefficient (Wildman–Crippen LogP) is 5.77. The zero-order chi connectivity index (χ0) is 14.2. The summed E-state index contributed by atoms with van der Waals surface area (Å²) in [6, 6.07) is 2.69. The van der Waals surface area contributed by atoms with Crippen LogP contribution < -0.4 is 5.73 Å². The number of hydrogen-bond donors (Lipinski definition) is 1. The van der Waals surface area contributed by atoms with Gasteiger partial charge in [0.25, 0.3) is 0 Å². The van der Waals surface area contributed by atoms with Crippen molar-refractivity contribution in [2.45, 2.75) is 90.0 Å². The van der Waals surface area contributed by atoms with Crippen LogP contribution in [0.15, 0.2) is 6.07 Å². The molecule has 0 bridgehead atoms. The van der Waals surface area contributed by atoms with E-state index < -0.39 is 0 Å². The van der Waals surface area contributed by atoms with Gasteiger partial charge in [0.2, 0.25) is 0 Å². The van der Waals surface area contributed by atoms with Crippen LogP contribution in [0.1, 0.15) is 92.5 Å². The lowest BCUT2D eigenvalue weighted by molar-refractivity contribution is 0.539. The summed E-state index contributed by atoms with van der Waals surface area (Å²) < 4.78 is 0. The van der Waals surface area contributed by atoms with Gasteiger partial charge in [-0.2, -0.15) is 0 Å². The first kappa shape index (κ1) is 16.0. The topological polar surface area (TPSA) is 26.0 Å². The molecule has 1 heterocycles. The Labute approximate surface area is 129 Å². The third-order valence-electron chi connectivity index (χ3n) is 4.50. The number of aryl methyl sites for hydroxylation is 2. The fourth-order valence-electron chi connectivity index (χ4n) is 3.18. The van der Waals surface area contributed by atoms with Gasteiger partial charge >= 0.3 is 0 Å². The van der Waals surface area contributed by atoms with Crippen LogP contribution in [0.3, 0.4) is 0 Å². The fourth-order valence-corrected chi connectivity index (χ4v) is 4.47. The molecule has 1 atom stereocenters. The van der Waals surface area contributed by atoms with Gasteiger partial charge in [-0.1, -0.05) is 58.3 Å². The summed E-state index contributed by atoms with van der Waals surface area (Å²) >= 11 is 1.98. The molecule has 0 spiro atoms. The summed E-state index contributed by atoms with van der Waals surface area (Å²) in [5.74, 6) is 0. The molecule has 0 fully saturated rings. The molecule has 20 heavy (non-hydrogen) atoms. The quantitative estimate of drug-likeness (QED) is 0.545. The summed E-state index contributed by atoms with van der Waals surface area (Å²) in [7, 11) is 0. The Kier molecular flexibility index (Phi) is 7.09. The minimum absolute atomic E-state index is 0.297. The molecule has 114 valence electrons. The second-order valence-electron chi connectivity index (χ2n) is 6.32. The van der Waals surface area contributed by atoms with Gasteiger partial charge in [0.15, 0.2) is 0 Å². The van der Waals surface area contributed by atoms with Crippen molar-refractivity contribution in [2.75, 3.05) is 0 Å². The Morgan fingerprint density at radius 2 is 1.75 bits per heavy atom. The predicted molar refractivity (Wildman–Crippen MR) is 90.5 cm³/mol. The molecule has 1 aromatic heterocycles. The molecule has 1 aromatic rings. The van der Waals surface area contributed by atoms with Crippen molar-refractivity contribution in [3.05, 3.63) is 21.4 Å². The summed E-state index contributed by atoms with van der Waals surface area (Å²) in [6.45, 7) is 2.28. The van der Waals surface area contributed by atoms with E-state index in [-0.39, 0.29) is 0 Å². The highest BCUT2D eigenvalue weighted by molar-refractivity contribution is 7.12. The van der Waals surface area contributed by atoms with E-state index in [0.717, 1.165) is 0 Å². The van der Waals surface area contributed by atoms with Gasteiger partial charge in [-0.15, -0.1) is 11.3 Å². The maximum atomic E-state index is 6.35. The Balaban J connectivity index is 1.55. The summed E-state index contributed by atoms with van der Waals surface area (Å²) in [6.07, 6.45) is 16.2. The summed E-state index contributed by atoms with van der Waals surface area (Å²) in [5.41, 5.74) is 7.94. The molecule has 2 rings (SSSR count). The molecule has 1 aliphatic rings. The molecule has 1 aliphatic carbocycles. The van der Waals surface area contributed by atoms with Crippen molar-refractivity contribution in [3.63, 3.8) is 0 Å². The number of nitrogens with two attached hydrogens (primary N) is 1. The lowest BCUT2D eigenvalue weighted by Crippen LogP contribution is -2.08. The van der Waals surface area contributed by atoms with E-state index in [4.69, 9.17) is 5.73 Å². The highest BCUT2D eigenvalue weighted by Crippen LogP contribution is 2.34. The van der Waals surface area contributed by atoms with Crippen molar-refractivity contribution in [2.24, 2.45) is 5.73 Å². The summed E-state index contributed by atoms with van der Waals surface area (Å²) in [5, 5.41) is 0. The maximum Gasteiger partial charge on any atom is 0.0389 e.